The summed E-state index contributed by atoms with van der Waals surface area (Å²) in [4.78, 5) is 37.6. The predicted octanol–water partition coefficient (Wildman–Crippen LogP) is 6.61. The Morgan fingerprint density at radius 1 is 1.09 bits per heavy atom. The van der Waals surface area contributed by atoms with Gasteiger partial charge in [-0.2, -0.15) is 0 Å². The first-order valence-electron chi connectivity index (χ1n) is 14.6. The number of H-pyrrole nitrogens is 1. The van der Waals surface area contributed by atoms with Gasteiger partial charge in [-0.3, -0.25) is 9.59 Å². The molecule has 2 aromatic heterocycles. The minimum absolute atomic E-state index is 0.0217. The normalized spacial score (nSPS) is 16.8. The lowest BCUT2D eigenvalue weighted by Crippen LogP contribution is -2.36. The largest absolute Gasteiger partial charge is 0.573 e. The van der Waals surface area contributed by atoms with Crippen LogP contribution in [0, 0.1) is 0 Å². The second kappa shape index (κ2) is 11.5. The quantitative estimate of drug-likeness (QED) is 0.242. The maximum atomic E-state index is 13.5. The van der Waals surface area contributed by atoms with Crippen molar-refractivity contribution >= 4 is 17.2 Å². The summed E-state index contributed by atoms with van der Waals surface area (Å²) in [5.41, 5.74) is 3.07. The van der Waals surface area contributed by atoms with Crippen LogP contribution in [0.1, 0.15) is 78.2 Å². The Morgan fingerprint density at radius 2 is 1.82 bits per heavy atom. The van der Waals surface area contributed by atoms with Crippen molar-refractivity contribution in [2.24, 2.45) is 0 Å². The third-order valence-corrected chi connectivity index (χ3v) is 9.55. The van der Waals surface area contributed by atoms with Crippen LogP contribution in [0.2, 0.25) is 0 Å². The van der Waals surface area contributed by atoms with Crippen molar-refractivity contribution in [2.45, 2.75) is 69.9 Å². The third-order valence-electron chi connectivity index (χ3n) is 8.40. The van der Waals surface area contributed by atoms with Gasteiger partial charge in [0.2, 0.25) is 0 Å². The Morgan fingerprint density at radius 3 is 2.50 bits per heavy atom. The number of hydrogen-bond acceptors (Lipinski definition) is 6. The molecule has 230 valence electrons. The number of aromatic amines is 1. The number of nitrogens with zero attached hydrogens (tertiary/aromatic N) is 2. The minimum atomic E-state index is -4.82. The summed E-state index contributed by atoms with van der Waals surface area (Å²) in [5, 5.41) is 13.3. The SMILES string of the molecule is CC(C)c1csc(C2(c3nc4c(c(=O)[nH]3)CN(C(=O)C(O)c3cccc(-c5cccc(OC(F)(F)F)c5)c3)CCC4)CC2)c1. The molecule has 1 atom stereocenters. The summed E-state index contributed by atoms with van der Waals surface area (Å²) in [5.74, 6) is 0.164. The topological polar surface area (TPSA) is 95.5 Å². The summed E-state index contributed by atoms with van der Waals surface area (Å²) in [6, 6.07) is 14.2. The number of carbonyl (C=O) groups excluding carboxylic acids is 1. The number of amides is 1. The van der Waals surface area contributed by atoms with Crippen molar-refractivity contribution in [3.63, 3.8) is 0 Å². The van der Waals surface area contributed by atoms with Crippen LogP contribution < -0.4 is 10.3 Å². The van der Waals surface area contributed by atoms with Crippen LogP contribution in [0.15, 0.2) is 64.8 Å². The summed E-state index contributed by atoms with van der Waals surface area (Å²) in [6.07, 6.45) is -3.40. The van der Waals surface area contributed by atoms with Crippen molar-refractivity contribution in [2.75, 3.05) is 6.54 Å². The maximum Gasteiger partial charge on any atom is 0.573 e. The van der Waals surface area contributed by atoms with Crippen LogP contribution in [0.25, 0.3) is 11.1 Å². The smallest absolute Gasteiger partial charge is 0.406 e. The van der Waals surface area contributed by atoms with Gasteiger partial charge in [0.05, 0.1) is 23.2 Å². The first-order chi connectivity index (χ1) is 20.9. The second-order valence-corrected chi connectivity index (χ2v) is 12.7. The lowest BCUT2D eigenvalue weighted by molar-refractivity contribution is -0.274. The molecule has 7 nitrogen and oxygen atoms in total. The number of carbonyl (C=O) groups is 1. The summed E-state index contributed by atoms with van der Waals surface area (Å²) in [7, 11) is 0. The molecule has 0 spiro atoms. The van der Waals surface area contributed by atoms with E-state index in [1.54, 1.807) is 41.7 Å². The van der Waals surface area contributed by atoms with E-state index >= 15 is 0 Å². The Balaban J connectivity index is 1.21. The highest BCUT2D eigenvalue weighted by atomic mass is 32.1. The van der Waals surface area contributed by atoms with E-state index in [1.807, 2.05) is 0 Å². The number of fused-ring (bicyclic) bond motifs is 1. The van der Waals surface area contributed by atoms with Crippen LogP contribution >= 0.6 is 11.3 Å². The van der Waals surface area contributed by atoms with E-state index in [9.17, 15) is 27.9 Å². The molecule has 1 aliphatic carbocycles. The number of ether oxygens (including phenoxy) is 1. The minimum Gasteiger partial charge on any atom is -0.406 e. The average Bonchev–Trinajstić information content (AvgIpc) is 3.69. The molecule has 44 heavy (non-hydrogen) atoms. The number of rotatable bonds is 7. The van der Waals surface area contributed by atoms with Gasteiger partial charge in [0.15, 0.2) is 6.10 Å². The molecule has 1 aliphatic heterocycles. The Labute approximate surface area is 256 Å². The highest BCUT2D eigenvalue weighted by Gasteiger charge is 2.50. The molecule has 2 aliphatic rings. The molecule has 6 rings (SSSR count). The van der Waals surface area contributed by atoms with Crippen molar-refractivity contribution in [1.29, 1.82) is 0 Å². The van der Waals surface area contributed by atoms with Crippen LogP contribution in [0.3, 0.4) is 0 Å². The van der Waals surface area contributed by atoms with Gasteiger partial charge in [-0.05, 0) is 83.5 Å². The van der Waals surface area contributed by atoms with Gasteiger partial charge >= 0.3 is 6.36 Å². The predicted molar refractivity (Wildman–Crippen MR) is 161 cm³/mol. The molecule has 3 heterocycles. The fraction of sp³-hybridized carbons (Fsp3) is 0.364. The molecule has 1 fully saturated rings. The first kappa shape index (κ1) is 30.1. The summed E-state index contributed by atoms with van der Waals surface area (Å²) >= 11 is 1.70. The molecule has 2 N–H and O–H groups in total. The van der Waals surface area contributed by atoms with Gasteiger partial charge in [0.1, 0.15) is 11.6 Å². The Kier molecular flexibility index (Phi) is 7.87. The fourth-order valence-electron chi connectivity index (χ4n) is 5.74. The van der Waals surface area contributed by atoms with Crippen molar-refractivity contribution in [3.05, 3.63) is 103 Å². The van der Waals surface area contributed by atoms with Crippen LogP contribution in [-0.2, 0) is 23.2 Å². The van der Waals surface area contributed by atoms with Crippen molar-refractivity contribution in [3.8, 4) is 16.9 Å². The number of benzene rings is 2. The lowest BCUT2D eigenvalue weighted by Gasteiger charge is -2.24. The number of hydrogen-bond donors (Lipinski definition) is 2. The van der Waals surface area contributed by atoms with E-state index in [-0.39, 0.29) is 28.8 Å². The van der Waals surface area contributed by atoms with Gasteiger partial charge in [-0.15, -0.1) is 24.5 Å². The number of aliphatic hydroxyl groups excluding tert-OH is 1. The number of nitrogens with one attached hydrogen (secondary N) is 1. The third kappa shape index (κ3) is 6.03. The number of alkyl halides is 3. The molecule has 1 amide bonds. The van der Waals surface area contributed by atoms with Gasteiger partial charge in [-0.25, -0.2) is 4.98 Å². The molecule has 1 unspecified atom stereocenters. The molecule has 0 bridgehead atoms. The van der Waals surface area contributed by atoms with Crippen molar-refractivity contribution < 1.29 is 27.8 Å². The van der Waals surface area contributed by atoms with Crippen LogP contribution in [0.5, 0.6) is 5.75 Å². The number of halogens is 3. The number of aromatic nitrogens is 2. The summed E-state index contributed by atoms with van der Waals surface area (Å²) < 4.78 is 42.1. The van der Waals surface area contributed by atoms with Crippen LogP contribution in [0.4, 0.5) is 13.2 Å². The average molecular weight is 624 g/mol. The number of thiophene rings is 1. The van der Waals surface area contributed by atoms with E-state index < -0.39 is 18.4 Å². The molecule has 11 heteroatoms. The molecular formula is C33H32F3N3O4S. The zero-order chi connectivity index (χ0) is 31.2. The van der Waals surface area contributed by atoms with E-state index in [2.05, 4.69) is 35.0 Å². The van der Waals surface area contributed by atoms with Crippen molar-refractivity contribution in [1.82, 2.24) is 14.9 Å². The van der Waals surface area contributed by atoms with Gasteiger partial charge in [0.25, 0.3) is 11.5 Å². The fourth-order valence-corrected chi connectivity index (χ4v) is 7.08. The van der Waals surface area contributed by atoms with Gasteiger partial charge in [0, 0.05) is 11.4 Å². The Hall–Kier alpha value is -3.96. The molecule has 0 radical (unpaired) electrons. The molecular weight excluding hydrogens is 591 g/mol. The maximum absolute atomic E-state index is 13.5. The Bertz CT molecular complexity index is 1760. The summed E-state index contributed by atoms with van der Waals surface area (Å²) in [6.45, 7) is 4.67. The van der Waals surface area contributed by atoms with E-state index in [1.165, 1.54) is 33.5 Å². The molecule has 2 aromatic carbocycles. The number of aryl methyl sites for hydroxylation is 1. The lowest BCUT2D eigenvalue weighted by atomic mass is 9.99. The van der Waals surface area contributed by atoms with E-state index in [0.29, 0.717) is 53.5 Å². The molecule has 4 aromatic rings. The molecule has 0 saturated heterocycles. The molecule has 1 saturated carbocycles. The zero-order valence-electron chi connectivity index (χ0n) is 24.3. The van der Waals surface area contributed by atoms with Crippen LogP contribution in [-0.4, -0.2) is 38.8 Å². The highest BCUT2D eigenvalue weighted by Crippen LogP contribution is 2.54. The highest BCUT2D eigenvalue weighted by molar-refractivity contribution is 7.10. The second-order valence-electron chi connectivity index (χ2n) is 11.8. The van der Waals surface area contributed by atoms with Gasteiger partial charge < -0.3 is 19.7 Å². The first-order valence-corrected chi connectivity index (χ1v) is 15.5. The van der Waals surface area contributed by atoms with E-state index in [0.717, 1.165) is 12.8 Å². The number of aliphatic hydroxyl groups is 1. The zero-order valence-corrected chi connectivity index (χ0v) is 25.1. The standard InChI is InChI=1S/C33H32F3N3O4S/c1-19(2)23-16-27(44-18-23)32(11-12-32)31-37-26-10-5-13-39(17-25(26)29(41)38-31)30(42)28(40)22-8-3-6-20(14-22)21-7-4-9-24(15-21)43-33(34,35)36/h3-4,6-9,14-16,18-19,28,40H,5,10-13,17H2,1-2H3,(H,37,38,41). The monoisotopic (exact) mass is 623 g/mol. The van der Waals surface area contributed by atoms with E-state index in [4.69, 9.17) is 4.98 Å². The van der Waals surface area contributed by atoms with Gasteiger partial charge in [-0.1, -0.05) is 44.2 Å².